The van der Waals surface area contributed by atoms with Crippen LogP contribution in [-0.4, -0.2) is 35.2 Å². The molecule has 28 heavy (non-hydrogen) atoms. The van der Waals surface area contributed by atoms with Gasteiger partial charge in [-0.15, -0.1) is 0 Å². The Morgan fingerprint density at radius 3 is 2.36 bits per heavy atom. The number of ether oxygens (including phenoxy) is 1. The van der Waals surface area contributed by atoms with Gasteiger partial charge in [0.25, 0.3) is 0 Å². The topological polar surface area (TPSA) is 83.5 Å². The van der Waals surface area contributed by atoms with Crippen molar-refractivity contribution >= 4 is 23.3 Å². The number of anilines is 1. The fourth-order valence-electron chi connectivity index (χ4n) is 3.18. The molecule has 2 unspecified atom stereocenters. The van der Waals surface area contributed by atoms with Crippen LogP contribution in [-0.2, 0) is 0 Å². The molecule has 152 valence electrons. The summed E-state index contributed by atoms with van der Waals surface area (Å²) in [4.78, 5) is 16.4. The molecule has 1 aromatic heterocycles. The van der Waals surface area contributed by atoms with E-state index in [2.05, 4.69) is 22.5 Å². The molecule has 0 saturated heterocycles. The Bertz CT molecular complexity index is 847. The molecule has 0 bridgehead atoms. The number of hydrogen-bond donors (Lipinski definition) is 3. The van der Waals surface area contributed by atoms with Gasteiger partial charge in [0.05, 0.1) is 5.69 Å². The third-order valence-corrected chi connectivity index (χ3v) is 5.01. The summed E-state index contributed by atoms with van der Waals surface area (Å²) in [7, 11) is 1.88. The minimum atomic E-state index is -1.10. The molecule has 0 fully saturated rings. The van der Waals surface area contributed by atoms with Crippen LogP contribution < -0.4 is 15.4 Å². The molecule has 0 spiro atoms. The summed E-state index contributed by atoms with van der Waals surface area (Å²) in [6.45, 7) is 9.65. The number of rotatable bonds is 8. The maximum atomic E-state index is 12.1. The zero-order chi connectivity index (χ0) is 21.0. The molecule has 2 aromatic rings. The lowest BCUT2D eigenvalue weighted by molar-refractivity contribution is 0.0694. The third kappa shape index (κ3) is 4.94. The van der Waals surface area contributed by atoms with Gasteiger partial charge in [0, 0.05) is 22.8 Å². The average molecular weight is 406 g/mol. The molecular formula is C21H28ClN3O3. The molecule has 0 radical (unpaired) electrons. The molecule has 2 atom stereocenters. The minimum absolute atomic E-state index is 0.0149. The second-order valence-electron chi connectivity index (χ2n) is 7.00. The predicted octanol–water partition coefficient (Wildman–Crippen LogP) is 4.95. The fraction of sp³-hybridized carbons (Fsp3) is 0.429. The first-order chi connectivity index (χ1) is 13.2. The van der Waals surface area contributed by atoms with E-state index >= 15 is 0 Å². The fourth-order valence-corrected chi connectivity index (χ4v) is 3.50. The number of carboxylic acid groups (broad SMARTS) is 1. The molecule has 0 aliphatic rings. The summed E-state index contributed by atoms with van der Waals surface area (Å²) in [5, 5.41) is 17.0. The second kappa shape index (κ2) is 9.26. The van der Waals surface area contributed by atoms with E-state index in [9.17, 15) is 9.90 Å². The number of carbonyl (C=O) groups is 1. The van der Waals surface area contributed by atoms with Crippen molar-refractivity contribution in [1.29, 1.82) is 0 Å². The molecule has 1 aromatic carbocycles. The first kappa shape index (κ1) is 22.0. The van der Waals surface area contributed by atoms with Crippen molar-refractivity contribution in [2.45, 2.75) is 53.1 Å². The van der Waals surface area contributed by atoms with Gasteiger partial charge in [-0.05, 0) is 70.5 Å². The molecule has 6 nitrogen and oxygen atoms in total. The molecule has 2 rings (SSSR count). The van der Waals surface area contributed by atoms with Crippen molar-refractivity contribution in [3.8, 4) is 11.6 Å². The van der Waals surface area contributed by atoms with Gasteiger partial charge in [-0.3, -0.25) is 0 Å². The van der Waals surface area contributed by atoms with E-state index in [1.165, 1.54) is 0 Å². The van der Waals surface area contributed by atoms with Gasteiger partial charge >= 0.3 is 5.97 Å². The van der Waals surface area contributed by atoms with Crippen molar-refractivity contribution in [3.63, 3.8) is 0 Å². The van der Waals surface area contributed by atoms with E-state index in [1.54, 1.807) is 18.2 Å². The van der Waals surface area contributed by atoms with E-state index in [4.69, 9.17) is 16.3 Å². The van der Waals surface area contributed by atoms with Crippen LogP contribution >= 0.6 is 11.6 Å². The Morgan fingerprint density at radius 1 is 1.25 bits per heavy atom. The van der Waals surface area contributed by atoms with Gasteiger partial charge < -0.3 is 20.5 Å². The van der Waals surface area contributed by atoms with Crippen LogP contribution in [0.2, 0.25) is 5.02 Å². The van der Waals surface area contributed by atoms with Crippen molar-refractivity contribution in [1.82, 2.24) is 10.3 Å². The summed E-state index contributed by atoms with van der Waals surface area (Å²) in [6.07, 6.45) is 0.827. The van der Waals surface area contributed by atoms with Crippen LogP contribution in [0.4, 0.5) is 5.69 Å². The lowest BCUT2D eigenvalue weighted by atomic mass is 10.1. The number of benzene rings is 1. The first-order valence-corrected chi connectivity index (χ1v) is 9.69. The Hall–Kier alpha value is -2.31. The Morgan fingerprint density at radius 2 is 1.86 bits per heavy atom. The molecule has 7 heteroatoms. The first-order valence-electron chi connectivity index (χ1n) is 9.31. The molecular weight excluding hydrogens is 378 g/mol. The summed E-state index contributed by atoms with van der Waals surface area (Å²) in [5.74, 6) is -0.469. The third-order valence-electron chi connectivity index (χ3n) is 4.79. The molecule has 0 aliphatic carbocycles. The molecule has 3 N–H and O–H groups in total. The smallest absolute Gasteiger partial charge is 0.343 e. The quantitative estimate of drug-likeness (QED) is 0.576. The maximum absolute atomic E-state index is 12.1. The Balaban J connectivity index is 2.54. The predicted molar refractivity (Wildman–Crippen MR) is 113 cm³/mol. The van der Waals surface area contributed by atoms with E-state index in [1.807, 2.05) is 34.7 Å². The van der Waals surface area contributed by atoms with Crippen LogP contribution in [0.15, 0.2) is 18.2 Å². The average Bonchev–Trinajstić information content (AvgIpc) is 2.61. The highest BCUT2D eigenvalue weighted by molar-refractivity contribution is 6.30. The van der Waals surface area contributed by atoms with Gasteiger partial charge in [-0.25, -0.2) is 9.78 Å². The summed E-state index contributed by atoms with van der Waals surface area (Å²) in [5.41, 5.74) is 2.80. The van der Waals surface area contributed by atoms with E-state index < -0.39 is 5.97 Å². The largest absolute Gasteiger partial charge is 0.477 e. The highest BCUT2D eigenvalue weighted by Crippen LogP contribution is 2.35. The minimum Gasteiger partial charge on any atom is -0.477 e. The van der Waals surface area contributed by atoms with E-state index in [-0.39, 0.29) is 23.5 Å². The monoisotopic (exact) mass is 405 g/mol. The standard InChI is InChI=1S/C21H28ClN3O3/c1-7-16(14(5)23-6)25-17-10-13(4)24-20(18(17)21(26)27)28-19-11(2)8-15(22)9-12(19)3/h8-10,14,16,23H,7H2,1-6H3,(H,24,25)(H,26,27). The van der Waals surface area contributed by atoms with E-state index in [0.717, 1.165) is 17.5 Å². The number of carboxylic acids is 1. The normalized spacial score (nSPS) is 13.1. The van der Waals surface area contributed by atoms with Crippen LogP contribution in [0.3, 0.4) is 0 Å². The van der Waals surface area contributed by atoms with Crippen molar-refractivity contribution < 1.29 is 14.6 Å². The highest BCUT2D eigenvalue weighted by Gasteiger charge is 2.24. The number of nitrogens with one attached hydrogen (secondary N) is 2. The zero-order valence-electron chi connectivity index (χ0n) is 17.2. The summed E-state index contributed by atoms with van der Waals surface area (Å²) < 4.78 is 6.00. The number of aromatic nitrogens is 1. The maximum Gasteiger partial charge on any atom is 0.343 e. The lowest BCUT2D eigenvalue weighted by Crippen LogP contribution is -2.40. The van der Waals surface area contributed by atoms with E-state index in [0.29, 0.717) is 22.2 Å². The van der Waals surface area contributed by atoms with Gasteiger partial charge in [-0.2, -0.15) is 0 Å². The number of pyridine rings is 1. The van der Waals surface area contributed by atoms with Crippen LogP contribution in [0.25, 0.3) is 0 Å². The van der Waals surface area contributed by atoms with Crippen molar-refractivity contribution in [3.05, 3.63) is 45.6 Å². The van der Waals surface area contributed by atoms with Crippen molar-refractivity contribution in [2.24, 2.45) is 0 Å². The molecule has 1 heterocycles. The summed E-state index contributed by atoms with van der Waals surface area (Å²) in [6, 6.07) is 5.51. The lowest BCUT2D eigenvalue weighted by Gasteiger charge is -2.26. The number of aryl methyl sites for hydroxylation is 3. The number of hydrogen-bond acceptors (Lipinski definition) is 5. The number of likely N-dealkylation sites (N-methyl/N-ethyl adjacent to an activating group) is 1. The molecule has 0 amide bonds. The van der Waals surface area contributed by atoms with Crippen LogP contribution in [0.1, 0.15) is 47.4 Å². The van der Waals surface area contributed by atoms with Gasteiger partial charge in [-0.1, -0.05) is 18.5 Å². The van der Waals surface area contributed by atoms with Gasteiger partial charge in [0.1, 0.15) is 11.3 Å². The SMILES string of the molecule is CCC(Nc1cc(C)nc(Oc2c(C)cc(Cl)cc2C)c1C(=O)O)C(C)NC. The molecule has 0 aliphatic heterocycles. The summed E-state index contributed by atoms with van der Waals surface area (Å²) >= 11 is 6.09. The zero-order valence-corrected chi connectivity index (χ0v) is 17.9. The van der Waals surface area contributed by atoms with Gasteiger partial charge in [0.2, 0.25) is 5.88 Å². The Labute approximate surface area is 171 Å². The van der Waals surface area contributed by atoms with Crippen molar-refractivity contribution in [2.75, 3.05) is 12.4 Å². The van der Waals surface area contributed by atoms with Crippen LogP contribution in [0.5, 0.6) is 11.6 Å². The van der Waals surface area contributed by atoms with Gasteiger partial charge in [0.15, 0.2) is 0 Å². The second-order valence-corrected chi connectivity index (χ2v) is 7.44. The number of halogens is 1. The number of aromatic carboxylic acids is 1. The highest BCUT2D eigenvalue weighted by atomic mass is 35.5. The number of nitrogens with zero attached hydrogens (tertiary/aromatic N) is 1. The Kier molecular flexibility index (Phi) is 7.27. The molecule has 0 saturated carbocycles. The van der Waals surface area contributed by atoms with Crippen LogP contribution in [0, 0.1) is 20.8 Å².